The maximum Gasteiger partial charge on any atom is 0.333 e. The number of esters is 1. The van der Waals surface area contributed by atoms with Crippen molar-refractivity contribution in [1.29, 1.82) is 0 Å². The molecular weight excluding hydrogens is 335 g/mol. The molecule has 1 aromatic rings. The number of benzene rings is 1. The molecule has 1 heterocycles. The number of nitrogens with one attached hydrogen (secondary N) is 1. The topological polar surface area (TPSA) is 75.7 Å². The van der Waals surface area contributed by atoms with Crippen LogP contribution in [0.3, 0.4) is 0 Å². The molecule has 0 aliphatic carbocycles. The summed E-state index contributed by atoms with van der Waals surface area (Å²) >= 11 is 1.19. The van der Waals surface area contributed by atoms with Gasteiger partial charge in [0.05, 0.1) is 24.0 Å². The highest BCUT2D eigenvalue weighted by molar-refractivity contribution is 8.04. The standard InChI is InChI=1S/C16H17FN2O4S/c1-23-16(22)8-15-19(14(21)10-24-15)9-13(20)18-7-6-11-2-4-12(17)5-3-11/h2-5,8H,6-7,9-10H2,1H3,(H,18,20)/b15-8-. The van der Waals surface area contributed by atoms with Crippen LogP contribution in [0.15, 0.2) is 35.4 Å². The van der Waals surface area contributed by atoms with E-state index >= 15 is 0 Å². The normalized spacial score (nSPS) is 15.7. The van der Waals surface area contributed by atoms with Gasteiger partial charge >= 0.3 is 5.97 Å². The van der Waals surface area contributed by atoms with Crippen LogP contribution in [-0.4, -0.2) is 48.6 Å². The summed E-state index contributed by atoms with van der Waals surface area (Å²) in [7, 11) is 1.24. The van der Waals surface area contributed by atoms with Gasteiger partial charge in [-0.1, -0.05) is 23.9 Å². The number of thioether (sulfide) groups is 1. The summed E-state index contributed by atoms with van der Waals surface area (Å²) in [5.41, 5.74) is 0.899. The number of hydrogen-bond donors (Lipinski definition) is 1. The predicted octanol–water partition coefficient (Wildman–Crippen LogP) is 1.07. The Hall–Kier alpha value is -2.35. The molecule has 1 aromatic carbocycles. The summed E-state index contributed by atoms with van der Waals surface area (Å²) in [5, 5.41) is 3.11. The zero-order chi connectivity index (χ0) is 17.5. The van der Waals surface area contributed by atoms with Crippen LogP contribution in [0.25, 0.3) is 0 Å². The number of carbonyl (C=O) groups excluding carboxylic acids is 3. The van der Waals surface area contributed by atoms with E-state index < -0.39 is 5.97 Å². The molecule has 0 spiro atoms. The Kier molecular flexibility index (Phi) is 6.36. The zero-order valence-corrected chi connectivity index (χ0v) is 13.9. The third-order valence-corrected chi connectivity index (χ3v) is 4.33. The van der Waals surface area contributed by atoms with E-state index in [1.54, 1.807) is 12.1 Å². The first kappa shape index (κ1) is 18.0. The predicted molar refractivity (Wildman–Crippen MR) is 87.4 cm³/mol. The molecule has 0 saturated carbocycles. The number of rotatable bonds is 6. The molecule has 1 saturated heterocycles. The van der Waals surface area contributed by atoms with Gasteiger partial charge in [-0.05, 0) is 24.1 Å². The molecule has 2 rings (SSSR count). The molecule has 0 unspecified atom stereocenters. The SMILES string of the molecule is COC(=O)/C=C1\SCC(=O)N1CC(=O)NCCc1ccc(F)cc1. The summed E-state index contributed by atoms with van der Waals surface area (Å²) in [6.07, 6.45) is 1.75. The van der Waals surface area contributed by atoms with Crippen LogP contribution >= 0.6 is 11.8 Å². The van der Waals surface area contributed by atoms with Crippen LogP contribution < -0.4 is 5.32 Å². The van der Waals surface area contributed by atoms with Crippen molar-refractivity contribution < 1.29 is 23.5 Å². The lowest BCUT2D eigenvalue weighted by atomic mass is 10.1. The average Bonchev–Trinajstić information content (AvgIpc) is 2.89. The second kappa shape index (κ2) is 8.49. The molecule has 1 fully saturated rings. The number of halogens is 1. The Balaban J connectivity index is 1.84. The first-order valence-corrected chi connectivity index (χ1v) is 8.22. The minimum Gasteiger partial charge on any atom is -0.466 e. The van der Waals surface area contributed by atoms with Crippen molar-refractivity contribution in [2.75, 3.05) is 26.0 Å². The largest absolute Gasteiger partial charge is 0.466 e. The van der Waals surface area contributed by atoms with E-state index in [1.165, 1.54) is 42.0 Å². The lowest BCUT2D eigenvalue weighted by molar-refractivity contribution is -0.135. The fourth-order valence-corrected chi connectivity index (χ4v) is 2.99. The molecule has 6 nitrogen and oxygen atoms in total. The lowest BCUT2D eigenvalue weighted by Gasteiger charge is -2.16. The molecule has 1 aliphatic heterocycles. The van der Waals surface area contributed by atoms with Crippen molar-refractivity contribution in [1.82, 2.24) is 10.2 Å². The Morgan fingerprint density at radius 3 is 2.75 bits per heavy atom. The molecule has 0 atom stereocenters. The van der Waals surface area contributed by atoms with Gasteiger partial charge in [0.1, 0.15) is 12.4 Å². The molecule has 1 aliphatic rings. The molecule has 0 radical (unpaired) electrons. The first-order valence-electron chi connectivity index (χ1n) is 7.23. The van der Waals surface area contributed by atoms with Crippen molar-refractivity contribution in [3.05, 3.63) is 46.8 Å². The summed E-state index contributed by atoms with van der Waals surface area (Å²) in [4.78, 5) is 36.3. The highest BCUT2D eigenvalue weighted by Crippen LogP contribution is 2.28. The highest BCUT2D eigenvalue weighted by atomic mass is 32.2. The third kappa shape index (κ3) is 5.09. The molecule has 1 N–H and O–H groups in total. The summed E-state index contributed by atoms with van der Waals surface area (Å²) in [6.45, 7) is 0.216. The molecule has 0 aromatic heterocycles. The fourth-order valence-electron chi connectivity index (χ4n) is 2.06. The summed E-state index contributed by atoms with van der Waals surface area (Å²) < 4.78 is 17.3. The van der Waals surface area contributed by atoms with Gasteiger partial charge in [0.2, 0.25) is 11.8 Å². The van der Waals surface area contributed by atoms with Crippen molar-refractivity contribution in [2.45, 2.75) is 6.42 Å². The van der Waals surface area contributed by atoms with E-state index in [-0.39, 0.29) is 29.9 Å². The van der Waals surface area contributed by atoms with Crippen LogP contribution in [0, 0.1) is 5.82 Å². The van der Waals surface area contributed by atoms with Crippen molar-refractivity contribution in [2.24, 2.45) is 0 Å². The monoisotopic (exact) mass is 352 g/mol. The first-order chi connectivity index (χ1) is 11.5. The van der Waals surface area contributed by atoms with E-state index in [1.807, 2.05) is 0 Å². The number of hydrogen-bond acceptors (Lipinski definition) is 5. The molecule has 24 heavy (non-hydrogen) atoms. The fraction of sp³-hybridized carbons (Fsp3) is 0.312. The van der Waals surface area contributed by atoms with Crippen molar-refractivity contribution in [3.8, 4) is 0 Å². The highest BCUT2D eigenvalue weighted by Gasteiger charge is 2.29. The molecule has 0 bridgehead atoms. The quantitative estimate of drug-likeness (QED) is 0.612. The zero-order valence-electron chi connectivity index (χ0n) is 13.1. The number of carbonyl (C=O) groups is 3. The Morgan fingerprint density at radius 1 is 1.38 bits per heavy atom. The van der Waals surface area contributed by atoms with Crippen LogP contribution in [0.2, 0.25) is 0 Å². The van der Waals surface area contributed by atoms with Crippen molar-refractivity contribution in [3.63, 3.8) is 0 Å². The van der Waals surface area contributed by atoms with Crippen LogP contribution in [0.5, 0.6) is 0 Å². The number of nitrogens with zero attached hydrogens (tertiary/aromatic N) is 1. The van der Waals surface area contributed by atoms with Crippen molar-refractivity contribution >= 4 is 29.5 Å². The van der Waals surface area contributed by atoms with E-state index in [2.05, 4.69) is 10.1 Å². The Labute approximate surface area is 143 Å². The van der Waals surface area contributed by atoms with Gasteiger partial charge < -0.3 is 10.1 Å². The molecule has 128 valence electrons. The van der Waals surface area contributed by atoms with Gasteiger partial charge in [0.25, 0.3) is 0 Å². The van der Waals surface area contributed by atoms with Crippen LogP contribution in [0.1, 0.15) is 5.56 Å². The number of methoxy groups -OCH3 is 1. The molecule has 8 heteroatoms. The second-order valence-electron chi connectivity index (χ2n) is 5.00. The third-order valence-electron chi connectivity index (χ3n) is 3.30. The summed E-state index contributed by atoms with van der Waals surface area (Å²) in [6, 6.07) is 6.03. The minimum atomic E-state index is -0.575. The Morgan fingerprint density at radius 2 is 2.08 bits per heavy atom. The van der Waals surface area contributed by atoms with E-state index in [0.717, 1.165) is 5.56 Å². The van der Waals surface area contributed by atoms with E-state index in [0.29, 0.717) is 18.0 Å². The number of ether oxygens (including phenoxy) is 1. The average molecular weight is 352 g/mol. The van der Waals surface area contributed by atoms with Gasteiger partial charge in [-0.3, -0.25) is 14.5 Å². The van der Waals surface area contributed by atoms with Gasteiger partial charge in [0.15, 0.2) is 0 Å². The van der Waals surface area contributed by atoms with Gasteiger partial charge in [-0.2, -0.15) is 0 Å². The van der Waals surface area contributed by atoms with Crippen LogP contribution in [0.4, 0.5) is 4.39 Å². The van der Waals surface area contributed by atoms with Gasteiger partial charge in [-0.15, -0.1) is 0 Å². The van der Waals surface area contributed by atoms with E-state index in [4.69, 9.17) is 0 Å². The maximum absolute atomic E-state index is 12.8. The molecule has 2 amide bonds. The second-order valence-corrected chi connectivity index (χ2v) is 6.00. The van der Waals surface area contributed by atoms with Crippen LogP contribution in [-0.2, 0) is 25.5 Å². The smallest absolute Gasteiger partial charge is 0.333 e. The number of amides is 2. The lowest BCUT2D eigenvalue weighted by Crippen LogP contribution is -2.38. The summed E-state index contributed by atoms with van der Waals surface area (Å²) in [5.74, 6) is -1.26. The minimum absolute atomic E-state index is 0.155. The van der Waals surface area contributed by atoms with Gasteiger partial charge in [0, 0.05) is 6.54 Å². The maximum atomic E-state index is 12.8. The molecular formula is C16H17FN2O4S. The Bertz CT molecular complexity index is 661. The van der Waals surface area contributed by atoms with Gasteiger partial charge in [-0.25, -0.2) is 9.18 Å². The van der Waals surface area contributed by atoms with E-state index in [9.17, 15) is 18.8 Å².